The van der Waals surface area contributed by atoms with Crippen LogP contribution in [0.5, 0.6) is 0 Å². The summed E-state index contributed by atoms with van der Waals surface area (Å²) < 4.78 is 26.2. The molecule has 0 aliphatic carbocycles. The fraction of sp³-hybridized carbons (Fsp3) is 0.250. The maximum absolute atomic E-state index is 13.5. The van der Waals surface area contributed by atoms with Crippen LogP contribution in [0.15, 0.2) is 56.8 Å². The average Bonchev–Trinajstić information content (AvgIpc) is 3.49. The number of aromatic nitrogens is 5. The lowest BCUT2D eigenvalue weighted by atomic mass is 10.2. The van der Waals surface area contributed by atoms with Crippen LogP contribution in [0.25, 0.3) is 11.4 Å². The van der Waals surface area contributed by atoms with Crippen LogP contribution in [0.4, 0.5) is 4.39 Å². The molecule has 0 bridgehead atoms. The van der Waals surface area contributed by atoms with E-state index >= 15 is 0 Å². The molecule has 0 aliphatic rings. The van der Waals surface area contributed by atoms with Crippen LogP contribution in [0.2, 0.25) is 0 Å². The molecule has 11 heteroatoms. The molecule has 0 saturated carbocycles. The molecule has 0 aliphatic heterocycles. The minimum Gasteiger partial charge on any atom is -0.467 e. The van der Waals surface area contributed by atoms with Gasteiger partial charge in [-0.15, -0.1) is 10.2 Å². The van der Waals surface area contributed by atoms with Crippen molar-refractivity contribution < 1.29 is 18.1 Å². The van der Waals surface area contributed by atoms with Crippen molar-refractivity contribution in [3.05, 3.63) is 66.0 Å². The molecule has 1 atom stereocenters. The Morgan fingerprint density at radius 3 is 2.90 bits per heavy atom. The van der Waals surface area contributed by atoms with Gasteiger partial charge in [0, 0.05) is 18.4 Å². The molecule has 4 aromatic rings. The molecule has 0 saturated heterocycles. The zero-order valence-corrected chi connectivity index (χ0v) is 17.4. The zero-order chi connectivity index (χ0) is 21.8. The van der Waals surface area contributed by atoms with Gasteiger partial charge in [0.2, 0.25) is 17.6 Å². The van der Waals surface area contributed by atoms with Crippen LogP contribution in [0.3, 0.4) is 0 Å². The van der Waals surface area contributed by atoms with Gasteiger partial charge in [-0.2, -0.15) is 4.98 Å². The largest absolute Gasteiger partial charge is 0.467 e. The van der Waals surface area contributed by atoms with E-state index in [2.05, 4.69) is 20.3 Å². The highest BCUT2D eigenvalue weighted by molar-refractivity contribution is 7.99. The monoisotopic (exact) mass is 442 g/mol. The summed E-state index contributed by atoms with van der Waals surface area (Å²) in [7, 11) is 0. The molecule has 4 rings (SSSR count). The number of hydrogen-bond donors (Lipinski definition) is 1. The van der Waals surface area contributed by atoms with Crippen molar-refractivity contribution in [2.24, 2.45) is 5.73 Å². The van der Waals surface area contributed by atoms with Gasteiger partial charge in [0.15, 0.2) is 5.16 Å². The quantitative estimate of drug-likeness (QED) is 0.391. The Kier molecular flexibility index (Phi) is 6.12. The predicted molar refractivity (Wildman–Crippen MR) is 109 cm³/mol. The molecule has 2 N–H and O–H groups in total. The van der Waals surface area contributed by atoms with Gasteiger partial charge in [-0.3, -0.25) is 9.36 Å². The molecule has 3 heterocycles. The highest BCUT2D eigenvalue weighted by Gasteiger charge is 2.22. The summed E-state index contributed by atoms with van der Waals surface area (Å²) in [6.07, 6.45) is 2.12. The highest BCUT2D eigenvalue weighted by Crippen LogP contribution is 2.34. The molecule has 0 radical (unpaired) electrons. The van der Waals surface area contributed by atoms with Crippen LogP contribution in [0.1, 0.15) is 36.1 Å². The molecule has 3 aromatic heterocycles. The van der Waals surface area contributed by atoms with Crippen LogP contribution in [0, 0.1) is 5.82 Å². The number of halogens is 1. The smallest absolute Gasteiger partial charge is 0.240 e. The highest BCUT2D eigenvalue weighted by atomic mass is 32.2. The van der Waals surface area contributed by atoms with Gasteiger partial charge in [-0.25, -0.2) is 4.39 Å². The number of benzene rings is 1. The second-order valence-corrected chi connectivity index (χ2v) is 8.07. The number of nitrogens with two attached hydrogens (primary N) is 1. The standard InChI is InChI=1S/C20H19FN6O3S/c1-12(19-23-18(26-30-19)13-4-2-5-14(21)10-13)31-20-25-24-17(8-7-16(22)28)27(20)11-15-6-3-9-29-15/h2-6,9-10,12H,7-8,11H2,1H3,(H2,22,28). The number of carbonyl (C=O) groups is 1. The van der Waals surface area contributed by atoms with Crippen molar-refractivity contribution in [2.75, 3.05) is 0 Å². The van der Waals surface area contributed by atoms with E-state index < -0.39 is 5.91 Å². The van der Waals surface area contributed by atoms with Crippen LogP contribution >= 0.6 is 11.8 Å². The van der Waals surface area contributed by atoms with Crippen molar-refractivity contribution in [1.82, 2.24) is 24.9 Å². The Labute approximate surface area is 180 Å². The van der Waals surface area contributed by atoms with Crippen LogP contribution in [-0.2, 0) is 17.8 Å². The van der Waals surface area contributed by atoms with E-state index in [1.807, 2.05) is 17.6 Å². The van der Waals surface area contributed by atoms with Gasteiger partial charge in [-0.1, -0.05) is 29.1 Å². The van der Waals surface area contributed by atoms with E-state index in [4.69, 9.17) is 14.7 Å². The second kappa shape index (κ2) is 9.13. The first-order chi connectivity index (χ1) is 15.0. The maximum atomic E-state index is 13.5. The maximum Gasteiger partial charge on any atom is 0.240 e. The molecule has 31 heavy (non-hydrogen) atoms. The Morgan fingerprint density at radius 2 is 2.16 bits per heavy atom. The number of nitrogens with zero attached hydrogens (tertiary/aromatic N) is 5. The van der Waals surface area contributed by atoms with E-state index in [0.29, 0.717) is 41.2 Å². The minimum absolute atomic E-state index is 0.164. The van der Waals surface area contributed by atoms with E-state index in [1.54, 1.807) is 24.5 Å². The van der Waals surface area contributed by atoms with Crippen molar-refractivity contribution in [3.8, 4) is 11.4 Å². The van der Waals surface area contributed by atoms with Crippen LogP contribution in [-0.4, -0.2) is 30.8 Å². The van der Waals surface area contributed by atoms with Gasteiger partial charge < -0.3 is 14.7 Å². The van der Waals surface area contributed by atoms with Gasteiger partial charge in [-0.05, 0) is 31.2 Å². The lowest BCUT2D eigenvalue weighted by Crippen LogP contribution is -2.14. The third-order valence-electron chi connectivity index (χ3n) is 4.44. The predicted octanol–water partition coefficient (Wildman–Crippen LogP) is 3.38. The molecular formula is C20H19FN6O3S. The number of furan rings is 1. The number of hydrogen-bond acceptors (Lipinski definition) is 8. The lowest BCUT2D eigenvalue weighted by Gasteiger charge is -2.10. The molecular weight excluding hydrogens is 423 g/mol. The zero-order valence-electron chi connectivity index (χ0n) is 16.6. The summed E-state index contributed by atoms with van der Waals surface area (Å²) in [6.45, 7) is 2.30. The third kappa shape index (κ3) is 5.00. The molecule has 160 valence electrons. The summed E-state index contributed by atoms with van der Waals surface area (Å²) in [6, 6.07) is 9.63. The number of amides is 1. The lowest BCUT2D eigenvalue weighted by molar-refractivity contribution is -0.118. The van der Waals surface area contributed by atoms with Gasteiger partial charge in [0.05, 0.1) is 18.1 Å². The van der Waals surface area contributed by atoms with Gasteiger partial charge >= 0.3 is 0 Å². The molecule has 1 amide bonds. The molecule has 0 fully saturated rings. The van der Waals surface area contributed by atoms with Crippen LogP contribution < -0.4 is 5.73 Å². The fourth-order valence-electron chi connectivity index (χ4n) is 2.90. The van der Waals surface area contributed by atoms with Crippen molar-refractivity contribution in [2.45, 2.75) is 36.7 Å². The SMILES string of the molecule is CC(Sc1nnc(CCC(N)=O)n1Cc1ccco1)c1nc(-c2cccc(F)c2)no1. The molecule has 0 spiro atoms. The first-order valence-corrected chi connectivity index (χ1v) is 10.4. The summed E-state index contributed by atoms with van der Waals surface area (Å²) in [4.78, 5) is 15.6. The van der Waals surface area contributed by atoms with E-state index in [9.17, 15) is 9.18 Å². The number of rotatable bonds is 9. The van der Waals surface area contributed by atoms with Crippen molar-refractivity contribution in [3.63, 3.8) is 0 Å². The van der Waals surface area contributed by atoms with Gasteiger partial charge in [0.1, 0.15) is 17.4 Å². The fourth-order valence-corrected chi connectivity index (χ4v) is 3.79. The Hall–Kier alpha value is -3.47. The number of primary amides is 1. The van der Waals surface area contributed by atoms with Crippen molar-refractivity contribution in [1.29, 1.82) is 0 Å². The summed E-state index contributed by atoms with van der Waals surface area (Å²) in [5.41, 5.74) is 5.81. The molecule has 1 aromatic carbocycles. The summed E-state index contributed by atoms with van der Waals surface area (Å²) in [5, 5.41) is 12.8. The average molecular weight is 442 g/mol. The second-order valence-electron chi connectivity index (χ2n) is 6.76. The number of aryl methyl sites for hydroxylation is 1. The Balaban J connectivity index is 1.54. The van der Waals surface area contributed by atoms with Crippen molar-refractivity contribution >= 4 is 17.7 Å². The molecule has 1 unspecified atom stereocenters. The van der Waals surface area contributed by atoms with E-state index in [0.717, 1.165) is 5.76 Å². The topological polar surface area (TPSA) is 126 Å². The third-order valence-corrected chi connectivity index (χ3v) is 5.51. The first kappa shape index (κ1) is 20.8. The normalized spacial score (nSPS) is 12.2. The molecule has 9 nitrogen and oxygen atoms in total. The summed E-state index contributed by atoms with van der Waals surface area (Å²) in [5.74, 6) is 1.24. The summed E-state index contributed by atoms with van der Waals surface area (Å²) >= 11 is 1.37. The van der Waals surface area contributed by atoms with E-state index in [1.165, 1.54) is 23.9 Å². The van der Waals surface area contributed by atoms with Gasteiger partial charge in [0.25, 0.3) is 0 Å². The minimum atomic E-state index is -0.411. The van der Waals surface area contributed by atoms with E-state index in [-0.39, 0.29) is 17.5 Å². The first-order valence-electron chi connectivity index (χ1n) is 9.48. The Morgan fingerprint density at radius 1 is 1.29 bits per heavy atom. The number of thioether (sulfide) groups is 1. The Bertz CT molecular complexity index is 1170. The number of carbonyl (C=O) groups excluding carboxylic acids is 1.